The number of benzene rings is 1. The van der Waals surface area contributed by atoms with E-state index in [9.17, 15) is 9.18 Å². The van der Waals surface area contributed by atoms with Crippen LogP contribution in [0.3, 0.4) is 0 Å². The molecule has 4 nitrogen and oxygen atoms in total. The molecule has 0 aliphatic carbocycles. The van der Waals surface area contributed by atoms with Gasteiger partial charge in [0.05, 0.1) is 16.8 Å². The summed E-state index contributed by atoms with van der Waals surface area (Å²) < 4.78 is 20.0. The van der Waals surface area contributed by atoms with Crippen molar-refractivity contribution in [2.75, 3.05) is 6.61 Å². The maximum Gasteiger partial charge on any atom is 0.326 e. The van der Waals surface area contributed by atoms with Crippen LogP contribution in [0.5, 0.6) is 0 Å². The molecule has 0 fully saturated rings. The Morgan fingerprint density at radius 3 is 3.06 bits per heavy atom. The predicted octanol–water partition coefficient (Wildman–Crippen LogP) is 1.88. The summed E-state index contributed by atoms with van der Waals surface area (Å²) in [5.41, 5.74) is 0.675. The van der Waals surface area contributed by atoms with Crippen molar-refractivity contribution >= 4 is 27.5 Å². The van der Waals surface area contributed by atoms with Gasteiger partial charge in [-0.1, -0.05) is 11.3 Å². The number of ether oxygens (including phenoxy) is 1. The summed E-state index contributed by atoms with van der Waals surface area (Å²) in [6.45, 7) is 2.02. The van der Waals surface area contributed by atoms with Gasteiger partial charge in [0.2, 0.25) is 0 Å². The van der Waals surface area contributed by atoms with Crippen LogP contribution in [0.25, 0.3) is 10.2 Å². The summed E-state index contributed by atoms with van der Waals surface area (Å²) in [6, 6.07) is 4.24. The zero-order valence-corrected chi connectivity index (χ0v) is 10.0. The Kier molecular flexibility index (Phi) is 3.23. The Labute approximate surface area is 101 Å². The molecule has 0 spiro atoms. The van der Waals surface area contributed by atoms with Crippen LogP contribution in [0.1, 0.15) is 6.92 Å². The molecule has 0 aliphatic heterocycles. The highest BCUT2D eigenvalue weighted by molar-refractivity contribution is 7.16. The van der Waals surface area contributed by atoms with E-state index in [4.69, 9.17) is 10.1 Å². The van der Waals surface area contributed by atoms with Crippen LogP contribution in [-0.2, 0) is 16.1 Å². The van der Waals surface area contributed by atoms with Crippen molar-refractivity contribution in [2.24, 2.45) is 0 Å². The van der Waals surface area contributed by atoms with Gasteiger partial charge in [-0.3, -0.25) is 10.2 Å². The second-order valence-electron chi connectivity index (χ2n) is 3.41. The van der Waals surface area contributed by atoms with Gasteiger partial charge in [-0.25, -0.2) is 4.39 Å². The first-order valence-corrected chi connectivity index (χ1v) is 5.92. The highest BCUT2D eigenvalue weighted by atomic mass is 32.1. The molecule has 1 heterocycles. The van der Waals surface area contributed by atoms with E-state index in [1.54, 1.807) is 13.0 Å². The smallest absolute Gasteiger partial charge is 0.326 e. The minimum absolute atomic E-state index is 0.0156. The molecule has 90 valence electrons. The molecule has 0 atom stereocenters. The number of carbonyl (C=O) groups excluding carboxylic acids is 1. The Bertz CT molecular complexity index is 617. The molecule has 0 aliphatic rings. The van der Waals surface area contributed by atoms with Crippen LogP contribution >= 0.6 is 11.3 Å². The number of fused-ring (bicyclic) bond motifs is 1. The monoisotopic (exact) mass is 254 g/mol. The second-order valence-corrected chi connectivity index (χ2v) is 4.44. The molecule has 0 amide bonds. The summed E-state index contributed by atoms with van der Waals surface area (Å²) >= 11 is 1.13. The van der Waals surface area contributed by atoms with Crippen molar-refractivity contribution in [1.29, 1.82) is 5.41 Å². The minimum atomic E-state index is -0.393. The predicted molar refractivity (Wildman–Crippen MR) is 62.3 cm³/mol. The average Bonchev–Trinajstić information content (AvgIpc) is 2.55. The Hall–Kier alpha value is -1.69. The number of rotatable bonds is 3. The highest BCUT2D eigenvalue weighted by Crippen LogP contribution is 2.18. The van der Waals surface area contributed by atoms with Gasteiger partial charge in [-0.15, -0.1) is 0 Å². The van der Waals surface area contributed by atoms with Gasteiger partial charge in [0.15, 0.2) is 4.80 Å². The lowest BCUT2D eigenvalue weighted by molar-refractivity contribution is -0.143. The number of carbonyl (C=O) groups is 1. The van der Waals surface area contributed by atoms with Crippen molar-refractivity contribution in [3.63, 3.8) is 0 Å². The molecule has 0 saturated carbocycles. The summed E-state index contributed by atoms with van der Waals surface area (Å²) in [7, 11) is 0. The van der Waals surface area contributed by atoms with Crippen LogP contribution < -0.4 is 4.80 Å². The molecular weight excluding hydrogens is 243 g/mol. The van der Waals surface area contributed by atoms with Gasteiger partial charge in [0, 0.05) is 0 Å². The molecule has 6 heteroatoms. The fourth-order valence-corrected chi connectivity index (χ4v) is 2.49. The van der Waals surface area contributed by atoms with Gasteiger partial charge in [0.25, 0.3) is 0 Å². The van der Waals surface area contributed by atoms with Crippen molar-refractivity contribution in [3.8, 4) is 0 Å². The largest absolute Gasteiger partial charge is 0.465 e. The topological polar surface area (TPSA) is 55.1 Å². The maximum absolute atomic E-state index is 13.0. The second kappa shape index (κ2) is 4.67. The number of nitrogens with one attached hydrogen (secondary N) is 1. The van der Waals surface area contributed by atoms with Crippen molar-refractivity contribution in [3.05, 3.63) is 28.8 Å². The Morgan fingerprint density at radius 1 is 1.59 bits per heavy atom. The molecular formula is C11H11FN2O2S. The fourth-order valence-electron chi connectivity index (χ4n) is 1.55. The van der Waals surface area contributed by atoms with Crippen LogP contribution in [0.15, 0.2) is 18.2 Å². The van der Waals surface area contributed by atoms with Gasteiger partial charge in [0.1, 0.15) is 12.4 Å². The van der Waals surface area contributed by atoms with Crippen LogP contribution in [-0.4, -0.2) is 17.1 Å². The van der Waals surface area contributed by atoms with Gasteiger partial charge in [-0.05, 0) is 25.1 Å². The van der Waals surface area contributed by atoms with Crippen molar-refractivity contribution < 1.29 is 13.9 Å². The third-order valence-corrected chi connectivity index (χ3v) is 3.22. The van der Waals surface area contributed by atoms with Crippen molar-refractivity contribution in [2.45, 2.75) is 13.5 Å². The lowest BCUT2D eigenvalue weighted by Gasteiger charge is -2.04. The summed E-state index contributed by atoms with van der Waals surface area (Å²) in [5.74, 6) is -0.739. The lowest BCUT2D eigenvalue weighted by Crippen LogP contribution is -2.20. The molecule has 0 unspecified atom stereocenters. The van der Waals surface area contributed by atoms with E-state index in [2.05, 4.69) is 0 Å². The van der Waals surface area contributed by atoms with Crippen LogP contribution in [0.2, 0.25) is 0 Å². The average molecular weight is 254 g/mol. The van der Waals surface area contributed by atoms with E-state index in [0.29, 0.717) is 16.8 Å². The fraction of sp³-hybridized carbons (Fsp3) is 0.273. The van der Waals surface area contributed by atoms with Gasteiger partial charge >= 0.3 is 5.97 Å². The molecule has 2 aromatic rings. The maximum atomic E-state index is 13.0. The number of aromatic nitrogens is 1. The zero-order chi connectivity index (χ0) is 12.4. The Morgan fingerprint density at radius 2 is 2.35 bits per heavy atom. The first-order valence-electron chi connectivity index (χ1n) is 5.11. The number of hydrogen-bond acceptors (Lipinski definition) is 4. The summed E-state index contributed by atoms with van der Waals surface area (Å²) in [5, 5.41) is 7.75. The zero-order valence-electron chi connectivity index (χ0n) is 9.20. The molecule has 0 bridgehead atoms. The van der Waals surface area contributed by atoms with Crippen LogP contribution in [0.4, 0.5) is 4.39 Å². The summed E-state index contributed by atoms with van der Waals surface area (Å²) in [6.07, 6.45) is 0. The van der Waals surface area contributed by atoms with Crippen LogP contribution in [0, 0.1) is 11.2 Å². The lowest BCUT2D eigenvalue weighted by atomic mass is 10.3. The molecule has 0 radical (unpaired) electrons. The third kappa shape index (κ3) is 2.36. The number of hydrogen-bond donors (Lipinski definition) is 1. The molecule has 1 aromatic heterocycles. The van der Waals surface area contributed by atoms with E-state index < -0.39 is 5.97 Å². The SMILES string of the molecule is CCOC(=O)Cn1c(=N)sc2cc(F)ccc21. The molecule has 1 N–H and O–H groups in total. The quantitative estimate of drug-likeness (QED) is 0.850. The highest BCUT2D eigenvalue weighted by Gasteiger charge is 2.10. The van der Waals surface area contributed by atoms with E-state index in [1.807, 2.05) is 0 Å². The van der Waals surface area contributed by atoms with E-state index in [0.717, 1.165) is 11.3 Å². The normalized spacial score (nSPS) is 10.7. The van der Waals surface area contributed by atoms with E-state index in [1.165, 1.54) is 16.7 Å². The Balaban J connectivity index is 2.43. The van der Waals surface area contributed by atoms with E-state index >= 15 is 0 Å². The first kappa shape index (κ1) is 11.8. The van der Waals surface area contributed by atoms with E-state index in [-0.39, 0.29) is 17.2 Å². The third-order valence-electron chi connectivity index (χ3n) is 2.26. The number of nitrogens with zero attached hydrogens (tertiary/aromatic N) is 1. The standard InChI is InChI=1S/C11H11FN2O2S/c1-2-16-10(15)6-14-8-4-3-7(12)5-9(8)17-11(14)13/h3-5,13H,2,6H2,1H3. The van der Waals surface area contributed by atoms with Gasteiger partial charge < -0.3 is 9.30 Å². The molecule has 1 aromatic carbocycles. The molecule has 0 saturated heterocycles. The first-order chi connectivity index (χ1) is 8.11. The van der Waals surface area contributed by atoms with Gasteiger partial charge in [-0.2, -0.15) is 0 Å². The van der Waals surface area contributed by atoms with Crippen molar-refractivity contribution in [1.82, 2.24) is 4.57 Å². The minimum Gasteiger partial charge on any atom is -0.465 e. The summed E-state index contributed by atoms with van der Waals surface area (Å²) in [4.78, 5) is 11.6. The molecule has 17 heavy (non-hydrogen) atoms. The number of thiazole rings is 1. The number of esters is 1. The number of halogens is 1. The molecule has 2 rings (SSSR count).